The number of aromatic amines is 1. The van der Waals surface area contributed by atoms with E-state index in [2.05, 4.69) is 9.88 Å². The molecule has 3 aromatic carbocycles. The lowest BCUT2D eigenvalue weighted by Gasteiger charge is -2.25. The van der Waals surface area contributed by atoms with Gasteiger partial charge < -0.3 is 24.5 Å². The molecule has 1 aliphatic heterocycles. The second-order valence-corrected chi connectivity index (χ2v) is 11.7. The Morgan fingerprint density at radius 1 is 1.00 bits per heavy atom. The molecule has 0 radical (unpaired) electrons. The quantitative estimate of drug-likeness (QED) is 0.266. The smallest absolute Gasteiger partial charge is 0.232 e. The van der Waals surface area contributed by atoms with Crippen LogP contribution in [0.2, 0.25) is 0 Å². The van der Waals surface area contributed by atoms with E-state index in [-0.39, 0.29) is 5.88 Å². The van der Waals surface area contributed by atoms with Gasteiger partial charge in [-0.25, -0.2) is 13.4 Å². The van der Waals surface area contributed by atoms with Gasteiger partial charge in [0.25, 0.3) is 0 Å². The van der Waals surface area contributed by atoms with Crippen LogP contribution in [0.5, 0.6) is 17.4 Å². The third-order valence-corrected chi connectivity index (χ3v) is 8.36. The zero-order valence-corrected chi connectivity index (χ0v) is 23.7. The molecule has 5 rings (SSSR count). The van der Waals surface area contributed by atoms with Crippen molar-refractivity contribution in [2.75, 3.05) is 51.0 Å². The maximum absolute atomic E-state index is 12.6. The Labute approximate surface area is 234 Å². The van der Waals surface area contributed by atoms with E-state index in [0.29, 0.717) is 52.8 Å². The molecule has 9 nitrogen and oxygen atoms in total. The van der Waals surface area contributed by atoms with E-state index in [1.165, 1.54) is 10.6 Å². The van der Waals surface area contributed by atoms with Gasteiger partial charge in [0.2, 0.25) is 10.0 Å². The lowest BCUT2D eigenvalue weighted by molar-refractivity contribution is 0.349. The van der Waals surface area contributed by atoms with E-state index >= 15 is 0 Å². The first-order valence-corrected chi connectivity index (χ1v) is 15.0. The molecule has 0 saturated carbocycles. The van der Waals surface area contributed by atoms with Gasteiger partial charge in [-0.15, -0.1) is 0 Å². The molecule has 0 spiro atoms. The number of hydrogen-bond acceptors (Lipinski definition) is 7. The van der Waals surface area contributed by atoms with Crippen molar-refractivity contribution in [3.63, 3.8) is 0 Å². The van der Waals surface area contributed by atoms with Gasteiger partial charge in [0.05, 0.1) is 48.6 Å². The zero-order chi connectivity index (χ0) is 28.3. The lowest BCUT2D eigenvalue weighted by atomic mass is 10.0. The van der Waals surface area contributed by atoms with Crippen LogP contribution < -0.4 is 13.8 Å². The van der Waals surface area contributed by atoms with E-state index < -0.39 is 10.0 Å². The third kappa shape index (κ3) is 5.78. The summed E-state index contributed by atoms with van der Waals surface area (Å²) in [7, 11) is -0.330. The number of hydrogen-bond donors (Lipinski definition) is 2. The standard InChI is InChI=1S/C30H34N4O5S/c1-38-26-19-24-25(20-27(26)39-2)32-30(35)28(24)29(21-9-5-4-6-10-21)31-22-11-13-23(14-12-22)34(40(3,36)37)18-17-33-15-7-8-16-33/h4-6,9-14,19-20,32,35H,7-8,15-18H2,1-3H3. The number of anilines is 1. The average molecular weight is 563 g/mol. The Bertz CT molecular complexity index is 1610. The van der Waals surface area contributed by atoms with Crippen LogP contribution in [0.15, 0.2) is 71.7 Å². The number of methoxy groups -OCH3 is 2. The third-order valence-electron chi connectivity index (χ3n) is 7.16. The molecule has 0 unspecified atom stereocenters. The fourth-order valence-electron chi connectivity index (χ4n) is 5.15. The van der Waals surface area contributed by atoms with Gasteiger partial charge in [0.15, 0.2) is 17.4 Å². The molecule has 1 aliphatic rings. The average Bonchev–Trinajstić information content (AvgIpc) is 3.58. The molecule has 2 N–H and O–H groups in total. The van der Waals surface area contributed by atoms with Crippen molar-refractivity contribution in [3.05, 3.63) is 77.9 Å². The lowest BCUT2D eigenvalue weighted by Crippen LogP contribution is -2.37. The first-order chi connectivity index (χ1) is 19.3. The number of likely N-dealkylation sites (tertiary alicyclic amines) is 1. The fraction of sp³-hybridized carbons (Fsp3) is 0.300. The molecule has 0 aliphatic carbocycles. The Balaban J connectivity index is 1.55. The number of aromatic hydroxyl groups is 1. The summed E-state index contributed by atoms with van der Waals surface area (Å²) in [6, 6.07) is 20.3. The van der Waals surface area contributed by atoms with Crippen molar-refractivity contribution in [2.24, 2.45) is 4.99 Å². The number of rotatable bonds is 10. The van der Waals surface area contributed by atoms with Gasteiger partial charge in [0.1, 0.15) is 0 Å². The molecular weight excluding hydrogens is 528 g/mol. The number of aromatic nitrogens is 1. The van der Waals surface area contributed by atoms with Crippen LogP contribution in [0, 0.1) is 0 Å². The number of benzene rings is 3. The van der Waals surface area contributed by atoms with Crippen LogP contribution in [0.3, 0.4) is 0 Å². The first kappa shape index (κ1) is 27.5. The Morgan fingerprint density at radius 2 is 1.65 bits per heavy atom. The molecule has 1 aromatic heterocycles. The number of nitrogens with one attached hydrogen (secondary N) is 1. The van der Waals surface area contributed by atoms with E-state index in [9.17, 15) is 13.5 Å². The van der Waals surface area contributed by atoms with Crippen LogP contribution in [-0.4, -0.2) is 75.8 Å². The summed E-state index contributed by atoms with van der Waals surface area (Å²) in [5.74, 6) is 1.04. The molecular formula is C30H34N4O5S. The fourth-order valence-corrected chi connectivity index (χ4v) is 6.07. The van der Waals surface area contributed by atoms with Crippen molar-refractivity contribution in [3.8, 4) is 17.4 Å². The van der Waals surface area contributed by atoms with Crippen molar-refractivity contribution in [1.82, 2.24) is 9.88 Å². The molecule has 4 aromatic rings. The molecule has 210 valence electrons. The SMILES string of the molecule is COc1cc2[nH]c(O)c(C(=Nc3ccc(N(CCN4CCCC4)S(C)(=O)=O)cc3)c3ccccc3)c2cc1OC. The van der Waals surface area contributed by atoms with E-state index in [4.69, 9.17) is 14.5 Å². The van der Waals surface area contributed by atoms with Gasteiger partial charge >= 0.3 is 0 Å². The monoisotopic (exact) mass is 562 g/mol. The van der Waals surface area contributed by atoms with E-state index in [1.807, 2.05) is 36.4 Å². The van der Waals surface area contributed by atoms with Crippen LogP contribution in [0.1, 0.15) is 24.0 Å². The maximum Gasteiger partial charge on any atom is 0.232 e. The second-order valence-electron chi connectivity index (χ2n) is 9.83. The first-order valence-electron chi connectivity index (χ1n) is 13.2. The number of sulfonamides is 1. The molecule has 0 amide bonds. The van der Waals surface area contributed by atoms with Crippen LogP contribution in [-0.2, 0) is 10.0 Å². The number of aliphatic imine (C=N–C) groups is 1. The highest BCUT2D eigenvalue weighted by molar-refractivity contribution is 7.92. The molecule has 40 heavy (non-hydrogen) atoms. The summed E-state index contributed by atoms with van der Waals surface area (Å²) in [6.07, 6.45) is 3.54. The minimum absolute atomic E-state index is 0.0327. The molecule has 1 saturated heterocycles. The van der Waals surface area contributed by atoms with Gasteiger partial charge in [-0.1, -0.05) is 30.3 Å². The predicted molar refractivity (Wildman–Crippen MR) is 159 cm³/mol. The summed E-state index contributed by atoms with van der Waals surface area (Å²) in [6.45, 7) is 3.10. The summed E-state index contributed by atoms with van der Waals surface area (Å²) in [5.41, 5.74) is 3.76. The van der Waals surface area contributed by atoms with Gasteiger partial charge in [0, 0.05) is 30.1 Å². The van der Waals surface area contributed by atoms with Crippen molar-refractivity contribution in [1.29, 1.82) is 0 Å². The zero-order valence-electron chi connectivity index (χ0n) is 22.9. The maximum atomic E-state index is 12.6. The minimum Gasteiger partial charge on any atom is -0.494 e. The van der Waals surface area contributed by atoms with Crippen molar-refractivity contribution in [2.45, 2.75) is 12.8 Å². The van der Waals surface area contributed by atoms with E-state index in [0.717, 1.165) is 36.9 Å². The highest BCUT2D eigenvalue weighted by atomic mass is 32.2. The summed E-state index contributed by atoms with van der Waals surface area (Å²) in [4.78, 5) is 10.3. The van der Waals surface area contributed by atoms with Crippen LogP contribution in [0.4, 0.5) is 11.4 Å². The van der Waals surface area contributed by atoms with Crippen LogP contribution >= 0.6 is 0 Å². The molecule has 0 bridgehead atoms. The summed E-state index contributed by atoms with van der Waals surface area (Å²) >= 11 is 0. The van der Waals surface area contributed by atoms with Crippen molar-refractivity contribution >= 4 is 38.0 Å². The number of ether oxygens (including phenoxy) is 2. The number of nitrogens with zero attached hydrogens (tertiary/aromatic N) is 3. The van der Waals surface area contributed by atoms with Crippen molar-refractivity contribution < 1.29 is 23.0 Å². The second kappa shape index (κ2) is 11.6. The Morgan fingerprint density at radius 3 is 2.27 bits per heavy atom. The largest absolute Gasteiger partial charge is 0.494 e. The molecule has 2 heterocycles. The molecule has 10 heteroatoms. The highest BCUT2D eigenvalue weighted by Gasteiger charge is 2.22. The predicted octanol–water partition coefficient (Wildman–Crippen LogP) is 4.92. The van der Waals surface area contributed by atoms with Gasteiger partial charge in [-0.2, -0.15) is 0 Å². The van der Waals surface area contributed by atoms with E-state index in [1.54, 1.807) is 44.6 Å². The number of H-pyrrole nitrogens is 1. The number of fused-ring (bicyclic) bond motifs is 1. The topological polar surface area (TPSA) is 107 Å². The van der Waals surface area contributed by atoms with Crippen LogP contribution in [0.25, 0.3) is 10.9 Å². The summed E-state index contributed by atoms with van der Waals surface area (Å²) < 4.78 is 37.6. The highest BCUT2D eigenvalue weighted by Crippen LogP contribution is 2.38. The summed E-state index contributed by atoms with van der Waals surface area (Å²) in [5, 5.41) is 11.8. The van der Waals surface area contributed by atoms with Gasteiger partial charge in [-0.3, -0.25) is 4.31 Å². The molecule has 0 atom stereocenters. The molecule has 1 fully saturated rings. The normalized spacial score (nSPS) is 14.5. The van der Waals surface area contributed by atoms with Gasteiger partial charge in [-0.05, 0) is 56.3 Å². The Hall–Kier alpha value is -4.02. The minimum atomic E-state index is -3.45. The Kier molecular flexibility index (Phi) is 7.99.